The number of aromatic nitrogens is 7. The van der Waals surface area contributed by atoms with Crippen LogP contribution in [0.5, 0.6) is 0 Å². The number of hydrogen-bond acceptors (Lipinski definition) is 8. The number of ether oxygens (including phenoxy) is 1. The number of tetrazole rings is 1. The molecule has 5 aromatic rings. The largest absolute Gasteiger partial charge is 0.463 e. The summed E-state index contributed by atoms with van der Waals surface area (Å²) >= 11 is 0. The van der Waals surface area contributed by atoms with Crippen molar-refractivity contribution in [2.24, 2.45) is 0 Å². The fourth-order valence-corrected chi connectivity index (χ4v) is 5.04. The van der Waals surface area contributed by atoms with Gasteiger partial charge in [0, 0.05) is 29.1 Å². The van der Waals surface area contributed by atoms with E-state index >= 15 is 0 Å². The lowest BCUT2D eigenvalue weighted by molar-refractivity contribution is -0.147. The predicted octanol–water partition coefficient (Wildman–Crippen LogP) is 4.81. The minimum absolute atomic E-state index is 0.0649. The molecule has 1 atom stereocenters. The number of nitrogens with zero attached hydrogens (tertiary/aromatic N) is 6. The molecule has 1 unspecified atom stereocenters. The average molecular weight is 593 g/mol. The van der Waals surface area contributed by atoms with E-state index in [1.54, 1.807) is 0 Å². The summed E-state index contributed by atoms with van der Waals surface area (Å²) in [6, 6.07) is 22.9. The summed E-state index contributed by atoms with van der Waals surface area (Å²) in [5.41, 5.74) is 5.77. The molecule has 0 aliphatic carbocycles. The second kappa shape index (κ2) is 14.3. The molecule has 1 amide bonds. The van der Waals surface area contributed by atoms with Gasteiger partial charge in [0.05, 0.1) is 24.8 Å². The van der Waals surface area contributed by atoms with Gasteiger partial charge in [-0.05, 0) is 60.4 Å². The zero-order valence-electron chi connectivity index (χ0n) is 25.1. The number of aryl methyl sites for hydroxylation is 1. The number of H-pyrrole nitrogens is 1. The van der Waals surface area contributed by atoms with Crippen LogP contribution in [0.25, 0.3) is 22.6 Å². The summed E-state index contributed by atoms with van der Waals surface area (Å²) in [5.74, 6) is -0.110. The number of rotatable bonds is 13. The van der Waals surface area contributed by atoms with Gasteiger partial charge >= 0.3 is 5.97 Å². The number of nitrogens with one attached hydrogen (secondary N) is 2. The molecule has 0 radical (unpaired) electrons. The van der Waals surface area contributed by atoms with Gasteiger partial charge in [-0.25, -0.2) is 5.10 Å². The SMILES string of the molecule is CCCc1cc(C(=O)NC(CC(=O)OC(C)C)Cc2ccccc2)nn1Cc1ccc(-c2ccccc2-c2nnn[nH]2)nc1. The van der Waals surface area contributed by atoms with E-state index in [0.29, 0.717) is 24.5 Å². The Morgan fingerprint density at radius 1 is 0.977 bits per heavy atom. The third-order valence-corrected chi connectivity index (χ3v) is 7.00. The molecule has 0 saturated heterocycles. The first-order valence-electron chi connectivity index (χ1n) is 14.8. The van der Waals surface area contributed by atoms with Crippen molar-refractivity contribution in [3.63, 3.8) is 0 Å². The van der Waals surface area contributed by atoms with Crippen molar-refractivity contribution >= 4 is 11.9 Å². The Bertz CT molecular complexity index is 1670. The van der Waals surface area contributed by atoms with Gasteiger partial charge in [-0.1, -0.05) is 74.0 Å². The molecule has 0 aliphatic heterocycles. The monoisotopic (exact) mass is 592 g/mol. The van der Waals surface area contributed by atoms with Crippen LogP contribution in [0.15, 0.2) is 79.0 Å². The molecule has 0 aliphatic rings. The Morgan fingerprint density at radius 2 is 1.75 bits per heavy atom. The molecule has 11 heteroatoms. The van der Waals surface area contributed by atoms with E-state index in [2.05, 4.69) is 38.0 Å². The van der Waals surface area contributed by atoms with Crippen molar-refractivity contribution in [1.29, 1.82) is 0 Å². The van der Waals surface area contributed by atoms with Gasteiger partial charge in [0.25, 0.3) is 5.91 Å². The van der Waals surface area contributed by atoms with Crippen molar-refractivity contribution in [2.75, 3.05) is 0 Å². The highest BCUT2D eigenvalue weighted by Crippen LogP contribution is 2.28. The van der Waals surface area contributed by atoms with Gasteiger partial charge in [0.2, 0.25) is 0 Å². The van der Waals surface area contributed by atoms with Crippen molar-refractivity contribution in [3.05, 3.63) is 102 Å². The number of esters is 1. The van der Waals surface area contributed by atoms with Crippen molar-refractivity contribution < 1.29 is 14.3 Å². The van der Waals surface area contributed by atoms with Crippen LogP contribution in [0.3, 0.4) is 0 Å². The molecular weight excluding hydrogens is 556 g/mol. The van der Waals surface area contributed by atoms with Gasteiger partial charge in [0.1, 0.15) is 5.69 Å². The highest BCUT2D eigenvalue weighted by atomic mass is 16.5. The van der Waals surface area contributed by atoms with Crippen molar-refractivity contribution in [1.82, 2.24) is 40.7 Å². The molecule has 3 aromatic heterocycles. The quantitative estimate of drug-likeness (QED) is 0.186. The van der Waals surface area contributed by atoms with Crippen LogP contribution >= 0.6 is 0 Å². The minimum Gasteiger partial charge on any atom is -0.463 e. The van der Waals surface area contributed by atoms with Crippen LogP contribution in [0.1, 0.15) is 60.9 Å². The molecule has 0 bridgehead atoms. The Morgan fingerprint density at radius 3 is 2.43 bits per heavy atom. The van der Waals surface area contributed by atoms with Gasteiger partial charge < -0.3 is 10.1 Å². The molecule has 11 nitrogen and oxygen atoms in total. The fraction of sp³-hybridized carbons (Fsp3) is 0.303. The summed E-state index contributed by atoms with van der Waals surface area (Å²) < 4.78 is 7.21. The molecule has 44 heavy (non-hydrogen) atoms. The summed E-state index contributed by atoms with van der Waals surface area (Å²) in [7, 11) is 0. The number of hydrogen-bond donors (Lipinski definition) is 2. The second-order valence-corrected chi connectivity index (χ2v) is 10.9. The smallest absolute Gasteiger partial charge is 0.308 e. The number of carbonyl (C=O) groups excluding carboxylic acids is 2. The van der Waals surface area contributed by atoms with Crippen LogP contribution < -0.4 is 5.32 Å². The zero-order valence-corrected chi connectivity index (χ0v) is 25.1. The van der Waals surface area contributed by atoms with E-state index in [1.807, 2.05) is 97.5 Å². The normalized spacial score (nSPS) is 11.8. The standard InChI is InChI=1S/C33H36N8O3/c1-4-10-26-19-30(33(43)35-25(18-31(42)44-22(2)3)17-23-11-6-5-7-12-23)38-41(26)21-24-15-16-29(34-20-24)27-13-8-9-14-28(27)32-36-39-40-37-32/h5-9,11-16,19-20,22,25H,4,10,17-18,21H2,1-3H3,(H,35,43)(H,36,37,39,40). The van der Waals surface area contributed by atoms with Crippen LogP contribution in [0.4, 0.5) is 0 Å². The lowest BCUT2D eigenvalue weighted by atomic mass is 10.0. The number of pyridine rings is 1. The van der Waals surface area contributed by atoms with E-state index in [-0.39, 0.29) is 24.4 Å². The summed E-state index contributed by atoms with van der Waals surface area (Å²) in [5, 5.41) is 21.9. The van der Waals surface area contributed by atoms with E-state index in [9.17, 15) is 9.59 Å². The topological polar surface area (TPSA) is 141 Å². The maximum atomic E-state index is 13.4. The Balaban J connectivity index is 1.32. The fourth-order valence-electron chi connectivity index (χ4n) is 5.04. The van der Waals surface area contributed by atoms with Crippen LogP contribution in [-0.2, 0) is 28.9 Å². The number of carbonyl (C=O) groups is 2. The Labute approximate surface area is 256 Å². The summed E-state index contributed by atoms with van der Waals surface area (Å²) in [6.45, 7) is 6.16. The number of benzene rings is 2. The van der Waals surface area contributed by atoms with E-state index in [0.717, 1.165) is 46.5 Å². The third kappa shape index (κ3) is 7.80. The zero-order chi connectivity index (χ0) is 30.9. The van der Waals surface area contributed by atoms with Gasteiger partial charge in [-0.2, -0.15) is 5.10 Å². The minimum atomic E-state index is -0.441. The highest BCUT2D eigenvalue weighted by molar-refractivity contribution is 5.93. The van der Waals surface area contributed by atoms with E-state index < -0.39 is 6.04 Å². The molecular formula is C33H36N8O3. The van der Waals surface area contributed by atoms with Crippen molar-refractivity contribution in [2.45, 2.75) is 65.1 Å². The summed E-state index contributed by atoms with van der Waals surface area (Å²) in [6.07, 6.45) is 3.81. The molecule has 5 rings (SSSR count). The Hall–Kier alpha value is -5.19. The van der Waals surface area contributed by atoms with Gasteiger partial charge in [0.15, 0.2) is 5.82 Å². The van der Waals surface area contributed by atoms with E-state index in [4.69, 9.17) is 9.72 Å². The predicted molar refractivity (Wildman–Crippen MR) is 165 cm³/mol. The van der Waals surface area contributed by atoms with Crippen molar-refractivity contribution in [3.8, 4) is 22.6 Å². The van der Waals surface area contributed by atoms with Gasteiger partial charge in [-0.15, -0.1) is 5.10 Å². The molecule has 2 aromatic carbocycles. The first-order valence-corrected chi connectivity index (χ1v) is 14.8. The highest BCUT2D eigenvalue weighted by Gasteiger charge is 2.22. The lowest BCUT2D eigenvalue weighted by Gasteiger charge is -2.18. The van der Waals surface area contributed by atoms with E-state index in [1.165, 1.54) is 0 Å². The van der Waals surface area contributed by atoms with Crippen LogP contribution in [-0.4, -0.2) is 59.4 Å². The van der Waals surface area contributed by atoms with Crippen LogP contribution in [0, 0.1) is 0 Å². The molecule has 3 heterocycles. The van der Waals surface area contributed by atoms with Crippen LogP contribution in [0.2, 0.25) is 0 Å². The molecule has 226 valence electrons. The van der Waals surface area contributed by atoms with Gasteiger partial charge in [-0.3, -0.25) is 19.3 Å². The molecule has 0 spiro atoms. The third-order valence-electron chi connectivity index (χ3n) is 7.00. The number of amides is 1. The first kappa shape index (κ1) is 30.3. The second-order valence-electron chi connectivity index (χ2n) is 10.9. The Kier molecular flexibility index (Phi) is 9.85. The first-order chi connectivity index (χ1) is 21.4. The average Bonchev–Trinajstić information content (AvgIpc) is 3.69. The molecule has 0 saturated carbocycles. The molecule has 2 N–H and O–H groups in total. The number of aromatic amines is 1. The maximum Gasteiger partial charge on any atom is 0.308 e. The molecule has 0 fully saturated rings. The summed E-state index contributed by atoms with van der Waals surface area (Å²) in [4.78, 5) is 30.7. The lowest BCUT2D eigenvalue weighted by Crippen LogP contribution is -2.39. The maximum absolute atomic E-state index is 13.4.